The van der Waals surface area contributed by atoms with Crippen LogP contribution in [-0.2, 0) is 18.8 Å². The van der Waals surface area contributed by atoms with Crippen molar-refractivity contribution in [2.75, 3.05) is 13.2 Å². The van der Waals surface area contributed by atoms with E-state index in [1.165, 1.54) is 0 Å². The molecule has 92 valence electrons. The lowest BCUT2D eigenvalue weighted by Crippen LogP contribution is -2.31. The van der Waals surface area contributed by atoms with Gasteiger partial charge < -0.3 is 5.73 Å². The van der Waals surface area contributed by atoms with Crippen LogP contribution in [0.15, 0.2) is 0 Å². The maximum absolute atomic E-state index is 10.9. The van der Waals surface area contributed by atoms with E-state index in [0.717, 1.165) is 12.8 Å². The number of hydrogen-bond acceptors (Lipinski definition) is 5. The van der Waals surface area contributed by atoms with Crippen LogP contribution in [0.5, 0.6) is 0 Å². The molecular formula is C9H21NO4S. The Morgan fingerprint density at radius 3 is 2.27 bits per heavy atom. The van der Waals surface area contributed by atoms with Crippen molar-refractivity contribution in [1.82, 2.24) is 0 Å². The molecule has 0 atom stereocenters. The molecule has 0 fully saturated rings. The van der Waals surface area contributed by atoms with Crippen molar-refractivity contribution in [2.24, 2.45) is 5.73 Å². The minimum Gasteiger partial charge on any atom is -0.326 e. The van der Waals surface area contributed by atoms with Crippen LogP contribution in [-0.4, -0.2) is 27.2 Å². The fraction of sp³-hybridized carbons (Fsp3) is 1.00. The van der Waals surface area contributed by atoms with Crippen LogP contribution in [0.3, 0.4) is 0 Å². The average molecular weight is 239 g/mol. The SMILES string of the molecule is CCOS(=O)(=O)OCCCCC(C)(C)N. The van der Waals surface area contributed by atoms with Gasteiger partial charge in [0.2, 0.25) is 0 Å². The molecule has 2 N–H and O–H groups in total. The third kappa shape index (κ3) is 10.1. The summed E-state index contributed by atoms with van der Waals surface area (Å²) in [4.78, 5) is 0. The molecule has 0 amide bonds. The Kier molecular flexibility index (Phi) is 6.35. The van der Waals surface area contributed by atoms with Crippen LogP contribution >= 0.6 is 0 Å². The van der Waals surface area contributed by atoms with Crippen LogP contribution < -0.4 is 5.73 Å². The van der Waals surface area contributed by atoms with Crippen LogP contribution in [0, 0.1) is 0 Å². The second-order valence-electron chi connectivity index (χ2n) is 4.08. The van der Waals surface area contributed by atoms with Crippen LogP contribution in [0.2, 0.25) is 0 Å². The number of nitrogens with two attached hydrogens (primary N) is 1. The highest BCUT2D eigenvalue weighted by Crippen LogP contribution is 2.09. The second kappa shape index (κ2) is 6.42. The highest BCUT2D eigenvalue weighted by molar-refractivity contribution is 7.81. The average Bonchev–Trinajstić information content (AvgIpc) is 2.00. The Morgan fingerprint density at radius 1 is 1.20 bits per heavy atom. The van der Waals surface area contributed by atoms with Gasteiger partial charge >= 0.3 is 10.4 Å². The lowest BCUT2D eigenvalue weighted by Gasteiger charge is -2.17. The summed E-state index contributed by atoms with van der Waals surface area (Å²) in [6.07, 6.45) is 2.34. The Balaban J connectivity index is 3.55. The van der Waals surface area contributed by atoms with E-state index >= 15 is 0 Å². The Bertz CT molecular complexity index is 256. The third-order valence-electron chi connectivity index (χ3n) is 1.71. The lowest BCUT2D eigenvalue weighted by atomic mass is 9.99. The van der Waals surface area contributed by atoms with Crippen molar-refractivity contribution >= 4 is 10.4 Å². The molecule has 15 heavy (non-hydrogen) atoms. The van der Waals surface area contributed by atoms with E-state index in [9.17, 15) is 8.42 Å². The van der Waals surface area contributed by atoms with Crippen LogP contribution in [0.1, 0.15) is 40.0 Å². The molecule has 0 saturated heterocycles. The Hall–Kier alpha value is -0.170. The van der Waals surface area contributed by atoms with E-state index < -0.39 is 10.4 Å². The van der Waals surface area contributed by atoms with Crippen LogP contribution in [0.4, 0.5) is 0 Å². The summed E-state index contributed by atoms with van der Waals surface area (Å²) in [5.74, 6) is 0. The topological polar surface area (TPSA) is 78.6 Å². The summed E-state index contributed by atoms with van der Waals surface area (Å²) in [5, 5.41) is 0. The fourth-order valence-corrected chi connectivity index (χ4v) is 1.70. The molecule has 0 aromatic carbocycles. The third-order valence-corrected chi connectivity index (χ3v) is 2.69. The van der Waals surface area contributed by atoms with Crippen molar-refractivity contribution in [2.45, 2.75) is 45.6 Å². The molecule has 0 unspecified atom stereocenters. The molecule has 0 rings (SSSR count). The first-order valence-corrected chi connectivity index (χ1v) is 6.43. The van der Waals surface area contributed by atoms with E-state index in [0.29, 0.717) is 6.42 Å². The van der Waals surface area contributed by atoms with Gasteiger partial charge in [-0.2, -0.15) is 8.42 Å². The van der Waals surface area contributed by atoms with Gasteiger partial charge in [0.1, 0.15) is 0 Å². The van der Waals surface area contributed by atoms with Crippen LogP contribution in [0.25, 0.3) is 0 Å². The van der Waals surface area contributed by atoms with Gasteiger partial charge in [-0.05, 0) is 40.0 Å². The quantitative estimate of drug-likeness (QED) is 0.644. The summed E-state index contributed by atoms with van der Waals surface area (Å²) in [5.41, 5.74) is 5.56. The van der Waals surface area contributed by atoms with E-state index in [-0.39, 0.29) is 18.8 Å². The molecule has 0 bridgehead atoms. The maximum Gasteiger partial charge on any atom is 0.399 e. The molecule has 0 aliphatic carbocycles. The minimum atomic E-state index is -3.78. The molecule has 0 aromatic rings. The zero-order valence-corrected chi connectivity index (χ0v) is 10.5. The molecular weight excluding hydrogens is 218 g/mol. The summed E-state index contributed by atoms with van der Waals surface area (Å²) >= 11 is 0. The molecule has 0 heterocycles. The molecule has 0 aliphatic rings. The van der Waals surface area contributed by atoms with Gasteiger partial charge in [-0.1, -0.05) is 0 Å². The van der Waals surface area contributed by atoms with E-state index in [4.69, 9.17) is 5.73 Å². The molecule has 0 radical (unpaired) electrons. The summed E-state index contributed by atoms with van der Waals surface area (Å²) in [7, 11) is -3.78. The zero-order valence-electron chi connectivity index (χ0n) is 9.65. The smallest absolute Gasteiger partial charge is 0.326 e. The highest BCUT2D eigenvalue weighted by Gasteiger charge is 2.12. The summed E-state index contributed by atoms with van der Waals surface area (Å²) < 4.78 is 30.8. The van der Waals surface area contributed by atoms with Gasteiger partial charge in [-0.15, -0.1) is 0 Å². The predicted octanol–water partition coefficient (Wildman–Crippen LogP) is 1.19. The lowest BCUT2D eigenvalue weighted by molar-refractivity contribution is 0.217. The van der Waals surface area contributed by atoms with Gasteiger partial charge in [-0.25, -0.2) is 8.37 Å². The fourth-order valence-electron chi connectivity index (χ4n) is 1.02. The first kappa shape index (κ1) is 14.8. The molecule has 5 nitrogen and oxygen atoms in total. The van der Waals surface area contributed by atoms with E-state index in [1.54, 1.807) is 6.92 Å². The minimum absolute atomic E-state index is 0.0954. The van der Waals surface area contributed by atoms with E-state index in [2.05, 4.69) is 8.37 Å². The van der Waals surface area contributed by atoms with Crippen molar-refractivity contribution in [3.05, 3.63) is 0 Å². The zero-order chi connectivity index (χ0) is 11.9. The summed E-state index contributed by atoms with van der Waals surface area (Å²) in [6, 6.07) is 0. The molecule has 0 spiro atoms. The molecule has 0 aliphatic heterocycles. The van der Waals surface area contributed by atoms with Gasteiger partial charge in [0.05, 0.1) is 13.2 Å². The summed E-state index contributed by atoms with van der Waals surface area (Å²) in [6.45, 7) is 5.71. The Labute approximate surface area is 92.3 Å². The number of rotatable bonds is 8. The maximum atomic E-state index is 10.9. The second-order valence-corrected chi connectivity index (χ2v) is 5.37. The largest absolute Gasteiger partial charge is 0.399 e. The van der Waals surface area contributed by atoms with Gasteiger partial charge in [0.15, 0.2) is 0 Å². The number of hydrogen-bond donors (Lipinski definition) is 1. The number of unbranched alkanes of at least 4 members (excludes halogenated alkanes) is 1. The Morgan fingerprint density at radius 2 is 1.80 bits per heavy atom. The molecule has 0 aromatic heterocycles. The first-order chi connectivity index (χ1) is 6.77. The van der Waals surface area contributed by atoms with Gasteiger partial charge in [0.25, 0.3) is 0 Å². The van der Waals surface area contributed by atoms with Crippen molar-refractivity contribution in [3.8, 4) is 0 Å². The molecule has 0 saturated carbocycles. The van der Waals surface area contributed by atoms with Crippen molar-refractivity contribution in [1.29, 1.82) is 0 Å². The van der Waals surface area contributed by atoms with Crippen molar-refractivity contribution < 1.29 is 16.8 Å². The normalized spacial score (nSPS) is 13.1. The standard InChI is InChI=1S/C9H21NO4S/c1-4-13-15(11,12)14-8-6-5-7-9(2,3)10/h4-8,10H2,1-3H3. The van der Waals surface area contributed by atoms with Crippen molar-refractivity contribution in [3.63, 3.8) is 0 Å². The van der Waals surface area contributed by atoms with E-state index in [1.807, 2.05) is 13.8 Å². The van der Waals surface area contributed by atoms with Gasteiger partial charge in [0, 0.05) is 5.54 Å². The monoisotopic (exact) mass is 239 g/mol. The molecule has 6 heteroatoms. The highest BCUT2D eigenvalue weighted by atomic mass is 32.3. The first-order valence-electron chi connectivity index (χ1n) is 5.09. The van der Waals surface area contributed by atoms with Gasteiger partial charge in [-0.3, -0.25) is 0 Å². The predicted molar refractivity (Wildman–Crippen MR) is 58.6 cm³/mol.